The average Bonchev–Trinajstić information content (AvgIpc) is 2.90. The predicted molar refractivity (Wildman–Crippen MR) is 88.8 cm³/mol. The van der Waals surface area contributed by atoms with Gasteiger partial charge in [-0.05, 0) is 58.6 Å². The summed E-state index contributed by atoms with van der Waals surface area (Å²) in [6, 6.07) is 4.40. The monoisotopic (exact) mass is 311 g/mol. The summed E-state index contributed by atoms with van der Waals surface area (Å²) in [5.41, 5.74) is 0.165. The van der Waals surface area contributed by atoms with Crippen molar-refractivity contribution in [2.45, 2.75) is 77.4 Å². The molecule has 0 spiro atoms. The van der Waals surface area contributed by atoms with Crippen LogP contribution in [0.5, 0.6) is 0 Å². The predicted octanol–water partition coefficient (Wildman–Crippen LogP) is 4.11. The Bertz CT molecular complexity index is 425. The molecule has 1 saturated carbocycles. The molecule has 0 radical (unpaired) electrons. The summed E-state index contributed by atoms with van der Waals surface area (Å²) >= 11 is 1.85. The molecule has 1 aromatic heterocycles. The van der Waals surface area contributed by atoms with Gasteiger partial charge in [-0.15, -0.1) is 11.3 Å². The van der Waals surface area contributed by atoms with Gasteiger partial charge in [-0.25, -0.2) is 0 Å². The molecule has 1 heterocycles. The Kier molecular flexibility index (Phi) is 6.23. The van der Waals surface area contributed by atoms with Crippen LogP contribution in [0.25, 0.3) is 0 Å². The lowest BCUT2D eigenvalue weighted by Crippen LogP contribution is -2.34. The molecule has 1 N–H and O–H groups in total. The van der Waals surface area contributed by atoms with Gasteiger partial charge in [-0.1, -0.05) is 0 Å². The molecule has 21 heavy (non-hydrogen) atoms. The Morgan fingerprint density at radius 3 is 2.62 bits per heavy atom. The van der Waals surface area contributed by atoms with E-state index >= 15 is 0 Å². The van der Waals surface area contributed by atoms with Crippen molar-refractivity contribution >= 4 is 11.3 Å². The van der Waals surface area contributed by atoms with E-state index in [2.05, 4.69) is 38.2 Å². The summed E-state index contributed by atoms with van der Waals surface area (Å²) in [5.74, 6) is 0. The van der Waals surface area contributed by atoms with Crippen molar-refractivity contribution in [1.29, 1.82) is 0 Å². The highest BCUT2D eigenvalue weighted by atomic mass is 32.1. The van der Waals surface area contributed by atoms with Crippen LogP contribution in [-0.2, 0) is 22.6 Å². The average molecular weight is 311 g/mol. The minimum Gasteiger partial charge on any atom is -0.381 e. The highest BCUT2D eigenvalue weighted by Crippen LogP contribution is 2.25. The van der Waals surface area contributed by atoms with Crippen molar-refractivity contribution in [3.05, 3.63) is 21.9 Å². The Balaban J connectivity index is 1.75. The van der Waals surface area contributed by atoms with Crippen LogP contribution in [0.3, 0.4) is 0 Å². The smallest absolute Gasteiger partial charge is 0.0813 e. The van der Waals surface area contributed by atoms with Gasteiger partial charge in [-0.3, -0.25) is 0 Å². The van der Waals surface area contributed by atoms with Crippen LogP contribution in [0.1, 0.15) is 56.2 Å². The third kappa shape index (κ3) is 6.07. The summed E-state index contributed by atoms with van der Waals surface area (Å²) in [4.78, 5) is 2.70. The molecule has 2 unspecified atom stereocenters. The second-order valence-corrected chi connectivity index (χ2v) is 8.18. The molecule has 1 aliphatic carbocycles. The fourth-order valence-electron chi connectivity index (χ4n) is 2.61. The molecule has 2 atom stereocenters. The third-order valence-corrected chi connectivity index (χ3v) is 4.94. The van der Waals surface area contributed by atoms with Gasteiger partial charge in [-0.2, -0.15) is 0 Å². The van der Waals surface area contributed by atoms with Gasteiger partial charge >= 0.3 is 0 Å². The molecule has 120 valence electrons. The maximum atomic E-state index is 6.07. The van der Waals surface area contributed by atoms with E-state index in [-0.39, 0.29) is 5.54 Å². The van der Waals surface area contributed by atoms with Gasteiger partial charge < -0.3 is 14.8 Å². The minimum atomic E-state index is 0.165. The van der Waals surface area contributed by atoms with Crippen molar-refractivity contribution in [2.24, 2.45) is 0 Å². The molecule has 3 nitrogen and oxygen atoms in total. The maximum Gasteiger partial charge on any atom is 0.0813 e. The van der Waals surface area contributed by atoms with Crippen molar-refractivity contribution < 1.29 is 9.47 Å². The summed E-state index contributed by atoms with van der Waals surface area (Å²) < 4.78 is 11.5. The molecular formula is C17H29NO2S. The summed E-state index contributed by atoms with van der Waals surface area (Å²) in [6.07, 6.45) is 5.36. The molecule has 0 aromatic carbocycles. The Morgan fingerprint density at radius 2 is 1.90 bits per heavy atom. The van der Waals surface area contributed by atoms with E-state index in [9.17, 15) is 0 Å². The Hall–Kier alpha value is -0.420. The molecule has 1 aliphatic rings. The lowest BCUT2D eigenvalue weighted by atomic mass is 9.95. The van der Waals surface area contributed by atoms with E-state index in [0.717, 1.165) is 19.6 Å². The Morgan fingerprint density at radius 1 is 1.19 bits per heavy atom. The lowest BCUT2D eigenvalue weighted by molar-refractivity contribution is -0.0356. The van der Waals surface area contributed by atoms with E-state index in [1.807, 2.05) is 11.3 Å². The van der Waals surface area contributed by atoms with Crippen LogP contribution in [0, 0.1) is 0 Å². The number of rotatable bonds is 6. The van der Waals surface area contributed by atoms with E-state index in [1.54, 1.807) is 7.11 Å². The van der Waals surface area contributed by atoms with E-state index in [1.165, 1.54) is 29.0 Å². The van der Waals surface area contributed by atoms with Gasteiger partial charge in [0.05, 0.1) is 18.8 Å². The zero-order valence-corrected chi connectivity index (χ0v) is 14.6. The van der Waals surface area contributed by atoms with Crippen LogP contribution < -0.4 is 5.32 Å². The van der Waals surface area contributed by atoms with Crippen LogP contribution in [0.2, 0.25) is 0 Å². The molecule has 4 heteroatoms. The zero-order chi connectivity index (χ0) is 15.3. The summed E-state index contributed by atoms with van der Waals surface area (Å²) in [6.45, 7) is 8.25. The van der Waals surface area contributed by atoms with Gasteiger partial charge in [0, 0.05) is 28.9 Å². The SMILES string of the molecule is COC1CCCC(OCc2ccc(CNC(C)(C)C)s2)C1. The number of hydrogen-bond donors (Lipinski definition) is 1. The molecule has 0 aliphatic heterocycles. The topological polar surface area (TPSA) is 30.5 Å². The maximum absolute atomic E-state index is 6.07. The number of thiophene rings is 1. The van der Waals surface area contributed by atoms with Crippen LogP contribution >= 0.6 is 11.3 Å². The zero-order valence-electron chi connectivity index (χ0n) is 13.8. The molecular weight excluding hydrogens is 282 g/mol. The first-order chi connectivity index (χ1) is 9.96. The van der Waals surface area contributed by atoms with Gasteiger partial charge in [0.15, 0.2) is 0 Å². The first kappa shape index (κ1) is 16.9. The van der Waals surface area contributed by atoms with E-state index < -0.39 is 0 Å². The number of hydrogen-bond acceptors (Lipinski definition) is 4. The highest BCUT2D eigenvalue weighted by Gasteiger charge is 2.22. The highest BCUT2D eigenvalue weighted by molar-refractivity contribution is 7.11. The molecule has 0 amide bonds. The summed E-state index contributed by atoms with van der Waals surface area (Å²) in [5, 5.41) is 3.52. The second kappa shape index (κ2) is 7.73. The molecule has 0 bridgehead atoms. The number of methoxy groups -OCH3 is 1. The summed E-state index contributed by atoms with van der Waals surface area (Å²) in [7, 11) is 1.81. The minimum absolute atomic E-state index is 0.165. The van der Waals surface area contributed by atoms with E-state index in [0.29, 0.717) is 12.2 Å². The van der Waals surface area contributed by atoms with Crippen molar-refractivity contribution in [3.63, 3.8) is 0 Å². The van der Waals surface area contributed by atoms with Gasteiger partial charge in [0.1, 0.15) is 0 Å². The first-order valence-corrected chi connectivity index (χ1v) is 8.75. The van der Waals surface area contributed by atoms with Gasteiger partial charge in [0.2, 0.25) is 0 Å². The van der Waals surface area contributed by atoms with Crippen LogP contribution in [-0.4, -0.2) is 24.9 Å². The normalized spacial score (nSPS) is 23.4. The molecule has 1 fully saturated rings. The Labute approximate surface area is 133 Å². The molecule has 2 rings (SSSR count). The van der Waals surface area contributed by atoms with Crippen LogP contribution in [0.4, 0.5) is 0 Å². The van der Waals surface area contributed by atoms with Crippen LogP contribution in [0.15, 0.2) is 12.1 Å². The van der Waals surface area contributed by atoms with Gasteiger partial charge in [0.25, 0.3) is 0 Å². The van der Waals surface area contributed by atoms with Crippen molar-refractivity contribution in [3.8, 4) is 0 Å². The fourth-order valence-corrected chi connectivity index (χ4v) is 3.49. The first-order valence-electron chi connectivity index (χ1n) is 7.93. The quantitative estimate of drug-likeness (QED) is 0.857. The number of ether oxygens (including phenoxy) is 2. The largest absolute Gasteiger partial charge is 0.381 e. The standard InChI is InChI=1S/C17H29NO2S/c1-17(2,3)18-11-15-8-9-16(21-15)12-20-14-7-5-6-13(10-14)19-4/h8-9,13-14,18H,5-7,10-12H2,1-4H3. The molecule has 0 saturated heterocycles. The fraction of sp³-hybridized carbons (Fsp3) is 0.765. The van der Waals surface area contributed by atoms with E-state index in [4.69, 9.17) is 9.47 Å². The molecule has 1 aromatic rings. The van der Waals surface area contributed by atoms with Crippen molar-refractivity contribution in [1.82, 2.24) is 5.32 Å². The lowest BCUT2D eigenvalue weighted by Gasteiger charge is -2.28. The number of nitrogens with one attached hydrogen (secondary N) is 1. The second-order valence-electron chi connectivity index (χ2n) is 6.93. The third-order valence-electron chi connectivity index (χ3n) is 3.88. The van der Waals surface area contributed by atoms with Crippen molar-refractivity contribution in [2.75, 3.05) is 7.11 Å².